The van der Waals surface area contributed by atoms with E-state index in [9.17, 15) is 9.59 Å². The van der Waals surface area contributed by atoms with Crippen LogP contribution in [0.5, 0.6) is 0 Å². The topological polar surface area (TPSA) is 49.4 Å². The Morgan fingerprint density at radius 2 is 1.61 bits per heavy atom. The van der Waals surface area contributed by atoms with Crippen molar-refractivity contribution in [1.29, 1.82) is 0 Å². The van der Waals surface area contributed by atoms with Crippen LogP contribution in [0.1, 0.15) is 55.7 Å². The van der Waals surface area contributed by atoms with Gasteiger partial charge in [0.05, 0.1) is 11.5 Å². The van der Waals surface area contributed by atoms with Crippen molar-refractivity contribution in [2.75, 3.05) is 11.9 Å². The first-order chi connectivity index (χ1) is 15.0. The smallest absolute Gasteiger partial charge is 0.244 e. The minimum atomic E-state index is -0.325. The minimum absolute atomic E-state index is 0.0758. The van der Waals surface area contributed by atoms with Crippen LogP contribution in [0.25, 0.3) is 0 Å². The van der Waals surface area contributed by atoms with Crippen LogP contribution in [0.15, 0.2) is 48.5 Å². The molecule has 4 nitrogen and oxygen atoms in total. The third-order valence-corrected chi connectivity index (χ3v) is 8.31. The molecule has 0 aromatic heterocycles. The molecule has 2 aromatic carbocycles. The number of nitrogens with one attached hydrogen (secondary N) is 1. The van der Waals surface area contributed by atoms with Crippen LogP contribution >= 0.6 is 11.6 Å². The molecule has 2 aromatic rings. The van der Waals surface area contributed by atoms with E-state index in [4.69, 9.17) is 11.6 Å². The standard InChI is InChI=1S/C26H27ClN2O2/c27-20-6-7-22-21(11-20)24(19-4-2-1-3-5-19)29(15-23(30)28-22)25(31)26-12-16-8-17(13-26)10-18(9-16)14-26/h1-7,11,16-18,24H,8-10,12-15H2,(H,28,30). The fraction of sp³-hybridized carbons (Fsp3) is 0.462. The number of benzene rings is 2. The van der Waals surface area contributed by atoms with Gasteiger partial charge in [0.2, 0.25) is 11.8 Å². The van der Waals surface area contributed by atoms with Crippen molar-refractivity contribution in [3.63, 3.8) is 0 Å². The van der Waals surface area contributed by atoms with Gasteiger partial charge < -0.3 is 10.2 Å². The minimum Gasteiger partial charge on any atom is -0.324 e. The van der Waals surface area contributed by atoms with Gasteiger partial charge in [-0.15, -0.1) is 0 Å². The molecule has 0 saturated heterocycles. The lowest BCUT2D eigenvalue weighted by Gasteiger charge is -2.57. The molecule has 2 amide bonds. The zero-order valence-corrected chi connectivity index (χ0v) is 18.3. The number of amides is 2. The summed E-state index contributed by atoms with van der Waals surface area (Å²) in [5.74, 6) is 2.05. The first-order valence-corrected chi connectivity index (χ1v) is 11.8. The highest BCUT2D eigenvalue weighted by atomic mass is 35.5. The van der Waals surface area contributed by atoms with Crippen molar-refractivity contribution in [1.82, 2.24) is 4.90 Å². The van der Waals surface area contributed by atoms with Crippen LogP contribution in [0, 0.1) is 23.2 Å². The van der Waals surface area contributed by atoms with Crippen LogP contribution in [0.3, 0.4) is 0 Å². The van der Waals surface area contributed by atoms with Crippen molar-refractivity contribution in [3.05, 3.63) is 64.7 Å². The second kappa shape index (κ2) is 7.09. The molecule has 5 aliphatic rings. The summed E-state index contributed by atoms with van der Waals surface area (Å²) >= 11 is 6.39. The molecule has 5 heteroatoms. The van der Waals surface area contributed by atoms with Gasteiger partial charge in [0.1, 0.15) is 6.54 Å². The predicted molar refractivity (Wildman–Crippen MR) is 121 cm³/mol. The first-order valence-electron chi connectivity index (χ1n) is 11.5. The maximum absolute atomic E-state index is 14.3. The van der Waals surface area contributed by atoms with Gasteiger partial charge in [0.25, 0.3) is 0 Å². The molecular weight excluding hydrogens is 408 g/mol. The molecule has 1 aliphatic heterocycles. The first kappa shape index (κ1) is 19.4. The van der Waals surface area contributed by atoms with Gasteiger partial charge in [0.15, 0.2) is 0 Å². The summed E-state index contributed by atoms with van der Waals surface area (Å²) in [5, 5.41) is 3.63. The fourth-order valence-electron chi connectivity index (χ4n) is 7.34. The van der Waals surface area contributed by atoms with Crippen LogP contribution in [0.2, 0.25) is 5.02 Å². The average Bonchev–Trinajstić information content (AvgIpc) is 2.88. The monoisotopic (exact) mass is 434 g/mol. The van der Waals surface area contributed by atoms with Crippen molar-refractivity contribution < 1.29 is 9.59 Å². The number of anilines is 1. The molecule has 1 atom stereocenters. The Labute approximate surface area is 188 Å². The molecule has 160 valence electrons. The number of halogens is 1. The number of rotatable bonds is 2. The highest BCUT2D eigenvalue weighted by molar-refractivity contribution is 6.30. The van der Waals surface area contributed by atoms with Crippen LogP contribution < -0.4 is 5.32 Å². The predicted octanol–water partition coefficient (Wildman–Crippen LogP) is 5.43. The Morgan fingerprint density at radius 1 is 0.968 bits per heavy atom. The molecule has 1 N–H and O–H groups in total. The second-order valence-electron chi connectivity index (χ2n) is 10.2. The second-order valence-corrected chi connectivity index (χ2v) is 10.7. The third kappa shape index (κ3) is 3.18. The zero-order chi connectivity index (χ0) is 21.2. The normalized spacial score (nSPS) is 33.6. The fourth-order valence-corrected chi connectivity index (χ4v) is 7.52. The summed E-state index contributed by atoms with van der Waals surface area (Å²) in [6.07, 6.45) is 6.81. The van der Waals surface area contributed by atoms with Gasteiger partial charge in [-0.3, -0.25) is 9.59 Å². The molecule has 4 bridgehead atoms. The molecule has 0 spiro atoms. The molecule has 1 heterocycles. The zero-order valence-electron chi connectivity index (χ0n) is 17.5. The summed E-state index contributed by atoms with van der Waals surface area (Å²) in [7, 11) is 0. The van der Waals surface area contributed by atoms with Crippen molar-refractivity contribution >= 4 is 29.1 Å². The Morgan fingerprint density at radius 3 is 2.26 bits per heavy atom. The van der Waals surface area contributed by atoms with Gasteiger partial charge in [-0.1, -0.05) is 41.9 Å². The largest absolute Gasteiger partial charge is 0.324 e. The van der Waals surface area contributed by atoms with E-state index < -0.39 is 0 Å². The van der Waals surface area contributed by atoms with Crippen molar-refractivity contribution in [3.8, 4) is 0 Å². The SMILES string of the molecule is O=C1CN(C(=O)C23CC4CC(CC(C4)C2)C3)C(c2ccccc2)c2cc(Cl)ccc2N1. The molecule has 31 heavy (non-hydrogen) atoms. The van der Waals surface area contributed by atoms with Crippen LogP contribution in [-0.2, 0) is 9.59 Å². The Balaban J connectivity index is 1.47. The molecule has 1 unspecified atom stereocenters. The van der Waals surface area contributed by atoms with Gasteiger partial charge in [-0.2, -0.15) is 0 Å². The Hall–Kier alpha value is -2.33. The van der Waals surface area contributed by atoms with E-state index in [-0.39, 0.29) is 29.8 Å². The van der Waals surface area contributed by atoms with E-state index in [0.29, 0.717) is 22.8 Å². The Kier molecular flexibility index (Phi) is 4.43. The maximum Gasteiger partial charge on any atom is 0.244 e. The van der Waals surface area contributed by atoms with E-state index in [1.807, 2.05) is 47.4 Å². The molecule has 4 fully saturated rings. The van der Waals surface area contributed by atoms with E-state index in [0.717, 1.165) is 36.1 Å². The summed E-state index contributed by atoms with van der Waals surface area (Å²) in [4.78, 5) is 29.1. The Bertz CT molecular complexity index is 1020. The lowest BCUT2D eigenvalue weighted by atomic mass is 9.49. The summed E-state index contributed by atoms with van der Waals surface area (Å²) in [6.45, 7) is 0.0758. The average molecular weight is 435 g/mol. The molecular formula is C26H27ClN2O2. The van der Waals surface area contributed by atoms with E-state index in [1.54, 1.807) is 6.07 Å². The lowest BCUT2D eigenvalue weighted by molar-refractivity contribution is -0.160. The number of fused-ring (bicyclic) bond motifs is 1. The van der Waals surface area contributed by atoms with Crippen LogP contribution in [-0.4, -0.2) is 23.3 Å². The van der Waals surface area contributed by atoms with Gasteiger partial charge >= 0.3 is 0 Å². The van der Waals surface area contributed by atoms with Gasteiger partial charge in [-0.25, -0.2) is 0 Å². The highest BCUT2D eigenvalue weighted by Gasteiger charge is 2.56. The van der Waals surface area contributed by atoms with E-state index in [1.165, 1.54) is 19.3 Å². The van der Waals surface area contributed by atoms with Gasteiger partial charge in [0, 0.05) is 16.3 Å². The van der Waals surface area contributed by atoms with Crippen molar-refractivity contribution in [2.45, 2.75) is 44.6 Å². The quantitative estimate of drug-likeness (QED) is 0.685. The molecule has 7 rings (SSSR count). The van der Waals surface area contributed by atoms with E-state index >= 15 is 0 Å². The lowest BCUT2D eigenvalue weighted by Crippen LogP contribution is -2.55. The van der Waals surface area contributed by atoms with E-state index in [2.05, 4.69) is 5.32 Å². The number of nitrogens with zero attached hydrogens (tertiary/aromatic N) is 1. The number of carbonyl (C=O) groups is 2. The van der Waals surface area contributed by atoms with Crippen LogP contribution in [0.4, 0.5) is 5.69 Å². The molecule has 4 aliphatic carbocycles. The molecule has 4 saturated carbocycles. The summed E-state index contributed by atoms with van der Waals surface area (Å²) in [6, 6.07) is 15.3. The summed E-state index contributed by atoms with van der Waals surface area (Å²) in [5.41, 5.74) is 2.35. The summed E-state index contributed by atoms with van der Waals surface area (Å²) < 4.78 is 0. The number of carbonyl (C=O) groups excluding carboxylic acids is 2. The number of hydrogen-bond acceptors (Lipinski definition) is 2. The maximum atomic E-state index is 14.3. The highest BCUT2D eigenvalue weighted by Crippen LogP contribution is 2.61. The van der Waals surface area contributed by atoms with Crippen molar-refractivity contribution in [2.24, 2.45) is 23.2 Å². The number of hydrogen-bond donors (Lipinski definition) is 1. The third-order valence-electron chi connectivity index (χ3n) is 8.08. The van der Waals surface area contributed by atoms with Gasteiger partial charge in [-0.05, 0) is 80.0 Å². The molecule has 0 radical (unpaired) electrons.